The van der Waals surface area contributed by atoms with Gasteiger partial charge in [0, 0.05) is 7.05 Å². The van der Waals surface area contributed by atoms with Crippen LogP contribution in [-0.2, 0) is 12.5 Å². The minimum atomic E-state index is -2.64. The molecule has 3 aromatic rings. The second-order valence-corrected chi connectivity index (χ2v) is 6.34. The summed E-state index contributed by atoms with van der Waals surface area (Å²) < 4.78 is 46.0. The molecular formula is C17H15F3N4O. The molecule has 0 spiro atoms. The van der Waals surface area contributed by atoms with E-state index in [1.54, 1.807) is 6.07 Å². The summed E-state index contributed by atoms with van der Waals surface area (Å²) in [6, 6.07) is 5.86. The maximum Gasteiger partial charge on any atom is 0.280 e. The van der Waals surface area contributed by atoms with Crippen molar-refractivity contribution in [3.05, 3.63) is 52.8 Å². The first-order chi connectivity index (χ1) is 11.9. The van der Waals surface area contributed by atoms with Crippen molar-refractivity contribution in [2.75, 3.05) is 0 Å². The fraction of sp³-hybridized carbons (Fsp3) is 0.353. The van der Waals surface area contributed by atoms with E-state index in [1.807, 2.05) is 6.92 Å². The molecule has 1 aliphatic rings. The molecule has 1 aliphatic carbocycles. The number of benzene rings is 1. The van der Waals surface area contributed by atoms with Gasteiger partial charge < -0.3 is 4.52 Å². The van der Waals surface area contributed by atoms with Crippen LogP contribution in [0.2, 0.25) is 0 Å². The van der Waals surface area contributed by atoms with Crippen molar-refractivity contribution in [1.82, 2.24) is 19.9 Å². The first-order valence-electron chi connectivity index (χ1n) is 7.84. The van der Waals surface area contributed by atoms with Crippen molar-refractivity contribution < 1.29 is 17.7 Å². The topological polar surface area (TPSA) is 56.7 Å². The quantitative estimate of drug-likeness (QED) is 0.717. The predicted octanol–water partition coefficient (Wildman–Crippen LogP) is 3.94. The van der Waals surface area contributed by atoms with Gasteiger partial charge in [0.2, 0.25) is 11.7 Å². The third kappa shape index (κ3) is 2.52. The lowest BCUT2D eigenvalue weighted by Gasteiger charge is -2.13. The fourth-order valence-corrected chi connectivity index (χ4v) is 3.15. The number of alkyl halides is 2. The molecule has 5 nitrogen and oxygen atoms in total. The van der Waals surface area contributed by atoms with Crippen molar-refractivity contribution in [1.29, 1.82) is 0 Å². The van der Waals surface area contributed by atoms with Gasteiger partial charge in [0.1, 0.15) is 17.2 Å². The van der Waals surface area contributed by atoms with Crippen molar-refractivity contribution in [2.24, 2.45) is 7.05 Å². The third-order valence-corrected chi connectivity index (χ3v) is 4.67. The molecule has 0 unspecified atom stereocenters. The fourth-order valence-electron chi connectivity index (χ4n) is 3.15. The molecule has 0 atom stereocenters. The van der Waals surface area contributed by atoms with Gasteiger partial charge >= 0.3 is 0 Å². The van der Waals surface area contributed by atoms with Crippen LogP contribution >= 0.6 is 0 Å². The molecule has 0 saturated heterocycles. The van der Waals surface area contributed by atoms with E-state index in [-0.39, 0.29) is 23.0 Å². The molecule has 25 heavy (non-hydrogen) atoms. The zero-order valence-corrected chi connectivity index (χ0v) is 13.6. The minimum absolute atomic E-state index is 0.151. The average Bonchev–Trinajstić information content (AvgIpc) is 3.03. The van der Waals surface area contributed by atoms with Gasteiger partial charge in [0.15, 0.2) is 0 Å². The van der Waals surface area contributed by atoms with Crippen LogP contribution < -0.4 is 0 Å². The molecule has 4 rings (SSSR count). The van der Waals surface area contributed by atoms with E-state index < -0.39 is 11.8 Å². The highest BCUT2D eigenvalue weighted by atomic mass is 19.3. The van der Waals surface area contributed by atoms with Gasteiger partial charge in [-0.25, -0.2) is 13.2 Å². The molecule has 2 heterocycles. The molecule has 0 radical (unpaired) electrons. The Balaban J connectivity index is 1.72. The van der Waals surface area contributed by atoms with Gasteiger partial charge in [-0.3, -0.25) is 4.68 Å². The maximum atomic E-state index is 13.7. The zero-order chi connectivity index (χ0) is 17.8. The Morgan fingerprint density at radius 3 is 2.64 bits per heavy atom. The summed E-state index contributed by atoms with van der Waals surface area (Å²) in [5.41, 5.74) is 1.26. The number of hydrogen-bond donors (Lipinski definition) is 0. The van der Waals surface area contributed by atoms with Crippen LogP contribution in [0.15, 0.2) is 28.8 Å². The Labute approximate surface area is 141 Å². The van der Waals surface area contributed by atoms with Gasteiger partial charge in [-0.1, -0.05) is 11.2 Å². The summed E-state index contributed by atoms with van der Waals surface area (Å²) in [5, 5.41) is 7.90. The highest BCUT2D eigenvalue weighted by Gasteiger charge is 2.52. The lowest BCUT2D eigenvalue weighted by Crippen LogP contribution is -2.11. The van der Waals surface area contributed by atoms with E-state index >= 15 is 0 Å². The van der Waals surface area contributed by atoms with E-state index in [2.05, 4.69) is 15.2 Å². The molecule has 1 fully saturated rings. The summed E-state index contributed by atoms with van der Waals surface area (Å²) in [7, 11) is 1.43. The van der Waals surface area contributed by atoms with E-state index in [0.717, 1.165) is 28.7 Å². The average molecular weight is 348 g/mol. The van der Waals surface area contributed by atoms with Crippen LogP contribution in [0.4, 0.5) is 13.2 Å². The molecule has 0 N–H and O–H groups in total. The van der Waals surface area contributed by atoms with E-state index in [9.17, 15) is 13.2 Å². The predicted molar refractivity (Wildman–Crippen MR) is 82.6 cm³/mol. The van der Waals surface area contributed by atoms with Crippen molar-refractivity contribution in [3.63, 3.8) is 0 Å². The largest absolute Gasteiger partial charge is 0.338 e. The molecule has 130 valence electrons. The highest BCUT2D eigenvalue weighted by molar-refractivity contribution is 5.51. The van der Waals surface area contributed by atoms with Gasteiger partial charge in [0.05, 0.1) is 5.41 Å². The van der Waals surface area contributed by atoms with Crippen molar-refractivity contribution >= 4 is 0 Å². The smallest absolute Gasteiger partial charge is 0.280 e. The summed E-state index contributed by atoms with van der Waals surface area (Å²) in [6.07, 6.45) is -1.10. The third-order valence-electron chi connectivity index (χ3n) is 4.67. The number of nitrogens with zero attached hydrogens (tertiary/aromatic N) is 4. The Bertz CT molecular complexity index is 943. The second-order valence-electron chi connectivity index (χ2n) is 6.34. The summed E-state index contributed by atoms with van der Waals surface area (Å²) in [4.78, 5) is 4.35. The van der Waals surface area contributed by atoms with E-state index in [4.69, 9.17) is 4.52 Å². The lowest BCUT2D eigenvalue weighted by molar-refractivity contribution is 0.141. The van der Waals surface area contributed by atoms with E-state index in [0.29, 0.717) is 5.89 Å². The Hall–Kier alpha value is -2.64. The first kappa shape index (κ1) is 15.9. The zero-order valence-electron chi connectivity index (χ0n) is 13.6. The molecule has 2 aromatic heterocycles. The van der Waals surface area contributed by atoms with Crippen LogP contribution in [0.3, 0.4) is 0 Å². The normalized spacial score (nSPS) is 15.8. The summed E-state index contributed by atoms with van der Waals surface area (Å²) >= 11 is 0. The van der Waals surface area contributed by atoms with Gasteiger partial charge in [-0.05, 0) is 49.1 Å². The molecule has 8 heteroatoms. The first-order valence-corrected chi connectivity index (χ1v) is 7.84. The van der Waals surface area contributed by atoms with Crippen molar-refractivity contribution in [2.45, 2.75) is 31.6 Å². The Morgan fingerprint density at radius 1 is 1.24 bits per heavy atom. The SMILES string of the molecule is Cc1ccc(F)cc1C1(c2nc(-c3cc(C(F)F)n(C)n3)no2)CC1. The van der Waals surface area contributed by atoms with Crippen LogP contribution in [0, 0.1) is 12.7 Å². The number of hydrogen-bond acceptors (Lipinski definition) is 4. The van der Waals surface area contributed by atoms with Crippen LogP contribution in [0.25, 0.3) is 11.5 Å². The minimum Gasteiger partial charge on any atom is -0.338 e. The van der Waals surface area contributed by atoms with Gasteiger partial charge in [0.25, 0.3) is 6.43 Å². The van der Waals surface area contributed by atoms with Crippen molar-refractivity contribution in [3.8, 4) is 11.5 Å². The maximum absolute atomic E-state index is 13.7. The summed E-state index contributed by atoms with van der Waals surface area (Å²) in [5.74, 6) is 0.191. The standard InChI is InChI=1S/C17H15F3N4O/c1-9-3-4-10(18)7-11(9)17(5-6-17)16-21-15(23-25-16)12-8-13(14(19)20)24(2)22-12/h3-4,7-8,14H,5-6H2,1-2H3. The molecule has 1 aromatic carbocycles. The van der Waals surface area contributed by atoms with Gasteiger partial charge in [-0.2, -0.15) is 10.1 Å². The van der Waals surface area contributed by atoms with Crippen LogP contribution in [-0.4, -0.2) is 19.9 Å². The number of aryl methyl sites for hydroxylation is 2. The van der Waals surface area contributed by atoms with E-state index in [1.165, 1.54) is 25.2 Å². The molecule has 0 bridgehead atoms. The molecular weight excluding hydrogens is 333 g/mol. The monoisotopic (exact) mass is 348 g/mol. The molecule has 1 saturated carbocycles. The second kappa shape index (κ2) is 5.44. The summed E-state index contributed by atoms with van der Waals surface area (Å²) in [6.45, 7) is 1.90. The number of rotatable bonds is 4. The number of aromatic nitrogens is 4. The van der Waals surface area contributed by atoms with Crippen LogP contribution in [0.1, 0.15) is 42.0 Å². The van der Waals surface area contributed by atoms with Gasteiger partial charge in [-0.15, -0.1) is 0 Å². The number of halogens is 3. The highest BCUT2D eigenvalue weighted by Crippen LogP contribution is 2.54. The Morgan fingerprint density at radius 2 is 2.00 bits per heavy atom. The lowest BCUT2D eigenvalue weighted by atomic mass is 9.91. The molecule has 0 amide bonds. The Kier molecular flexibility index (Phi) is 3.45. The van der Waals surface area contributed by atoms with Crippen LogP contribution in [0.5, 0.6) is 0 Å². The molecule has 0 aliphatic heterocycles.